The fourth-order valence-electron chi connectivity index (χ4n) is 1.99. The minimum absolute atomic E-state index is 0.0723. The molecule has 16 heavy (non-hydrogen) atoms. The molecular formula is C12H15BrN2O. The molecule has 3 nitrogen and oxygen atoms in total. The Bertz CT molecular complexity index is 355. The largest absolute Gasteiger partial charge is 0.347 e. The molecule has 1 N–H and O–H groups in total. The molecule has 2 atom stereocenters. The number of alkyl halides is 1. The summed E-state index contributed by atoms with van der Waals surface area (Å²) in [6.07, 6.45) is 6.25. The summed E-state index contributed by atoms with van der Waals surface area (Å²) in [4.78, 5) is 16.3. The number of pyridine rings is 1. The fraction of sp³-hybridized carbons (Fsp3) is 0.500. The quantitative estimate of drug-likeness (QED) is 0.847. The van der Waals surface area contributed by atoms with Gasteiger partial charge >= 0.3 is 0 Å². The molecular weight excluding hydrogens is 268 g/mol. The topological polar surface area (TPSA) is 42.0 Å². The first-order valence-electron chi connectivity index (χ1n) is 5.63. The van der Waals surface area contributed by atoms with Crippen LogP contribution >= 0.6 is 15.9 Å². The van der Waals surface area contributed by atoms with Gasteiger partial charge in [0.05, 0.1) is 0 Å². The van der Waals surface area contributed by atoms with Crippen molar-refractivity contribution < 1.29 is 4.79 Å². The summed E-state index contributed by atoms with van der Waals surface area (Å²) < 4.78 is 0. The Morgan fingerprint density at radius 2 is 2.19 bits per heavy atom. The number of amides is 1. The van der Waals surface area contributed by atoms with Gasteiger partial charge in [0.15, 0.2) is 0 Å². The van der Waals surface area contributed by atoms with Crippen molar-refractivity contribution in [1.29, 1.82) is 0 Å². The van der Waals surface area contributed by atoms with Gasteiger partial charge in [0, 0.05) is 17.1 Å². The van der Waals surface area contributed by atoms with Gasteiger partial charge in [-0.1, -0.05) is 34.8 Å². The molecule has 2 unspecified atom stereocenters. The van der Waals surface area contributed by atoms with Crippen LogP contribution in [0.4, 0.5) is 0 Å². The maximum Gasteiger partial charge on any atom is 0.270 e. The maximum absolute atomic E-state index is 11.9. The summed E-state index contributed by atoms with van der Waals surface area (Å²) in [5.74, 6) is -0.0723. The lowest BCUT2D eigenvalue weighted by atomic mass is 9.95. The van der Waals surface area contributed by atoms with Gasteiger partial charge in [-0.3, -0.25) is 9.78 Å². The first kappa shape index (κ1) is 11.6. The van der Waals surface area contributed by atoms with Gasteiger partial charge in [-0.2, -0.15) is 0 Å². The highest BCUT2D eigenvalue weighted by atomic mass is 79.9. The monoisotopic (exact) mass is 282 g/mol. The third-order valence-corrected chi connectivity index (χ3v) is 3.99. The molecule has 86 valence electrons. The highest BCUT2D eigenvalue weighted by molar-refractivity contribution is 9.09. The van der Waals surface area contributed by atoms with E-state index in [2.05, 4.69) is 26.2 Å². The molecule has 1 aliphatic carbocycles. The van der Waals surface area contributed by atoms with Crippen LogP contribution in [0.25, 0.3) is 0 Å². The van der Waals surface area contributed by atoms with E-state index in [9.17, 15) is 4.79 Å². The number of nitrogens with zero attached hydrogens (tertiary/aromatic N) is 1. The Morgan fingerprint density at radius 3 is 2.88 bits per heavy atom. The van der Waals surface area contributed by atoms with Crippen LogP contribution in [0.3, 0.4) is 0 Å². The van der Waals surface area contributed by atoms with Crippen LogP contribution in [0.5, 0.6) is 0 Å². The van der Waals surface area contributed by atoms with Gasteiger partial charge in [0.2, 0.25) is 0 Å². The third-order valence-electron chi connectivity index (χ3n) is 2.90. The fourth-order valence-corrected chi connectivity index (χ4v) is 2.71. The summed E-state index contributed by atoms with van der Waals surface area (Å²) in [6, 6.07) is 5.61. The Kier molecular flexibility index (Phi) is 3.93. The molecule has 1 aliphatic rings. The van der Waals surface area contributed by atoms with Gasteiger partial charge in [-0.05, 0) is 25.0 Å². The molecule has 0 bridgehead atoms. The Labute approximate surface area is 104 Å². The van der Waals surface area contributed by atoms with E-state index in [1.54, 1.807) is 12.3 Å². The molecule has 1 heterocycles. The highest BCUT2D eigenvalue weighted by Gasteiger charge is 2.24. The van der Waals surface area contributed by atoms with E-state index in [0.717, 1.165) is 12.8 Å². The second-order valence-electron chi connectivity index (χ2n) is 4.10. The predicted molar refractivity (Wildman–Crippen MR) is 66.7 cm³/mol. The van der Waals surface area contributed by atoms with E-state index >= 15 is 0 Å². The van der Waals surface area contributed by atoms with Crippen LogP contribution < -0.4 is 5.32 Å². The van der Waals surface area contributed by atoms with E-state index in [1.165, 1.54) is 12.8 Å². The molecule has 0 aromatic carbocycles. The summed E-state index contributed by atoms with van der Waals surface area (Å²) in [5, 5.41) is 3.04. The lowest BCUT2D eigenvalue weighted by molar-refractivity contribution is 0.0925. The minimum atomic E-state index is -0.0723. The van der Waals surface area contributed by atoms with E-state index in [0.29, 0.717) is 10.5 Å². The lowest BCUT2D eigenvalue weighted by Gasteiger charge is -2.27. The van der Waals surface area contributed by atoms with E-state index in [-0.39, 0.29) is 11.9 Å². The summed E-state index contributed by atoms with van der Waals surface area (Å²) in [5.41, 5.74) is 0.493. The second-order valence-corrected chi connectivity index (χ2v) is 5.27. The number of halogens is 1. The van der Waals surface area contributed by atoms with Crippen molar-refractivity contribution in [3.05, 3.63) is 30.1 Å². The number of carbonyl (C=O) groups is 1. The molecule has 0 saturated heterocycles. The molecule has 0 aliphatic heterocycles. The molecule has 1 aromatic heterocycles. The Morgan fingerprint density at radius 1 is 1.38 bits per heavy atom. The summed E-state index contributed by atoms with van der Waals surface area (Å²) in [6.45, 7) is 0. The molecule has 4 heteroatoms. The maximum atomic E-state index is 11.9. The average molecular weight is 283 g/mol. The van der Waals surface area contributed by atoms with Crippen LogP contribution in [0.2, 0.25) is 0 Å². The van der Waals surface area contributed by atoms with Crippen LogP contribution in [-0.2, 0) is 0 Å². The van der Waals surface area contributed by atoms with Crippen LogP contribution in [0, 0.1) is 0 Å². The van der Waals surface area contributed by atoms with E-state index in [4.69, 9.17) is 0 Å². The standard InChI is InChI=1S/C12H15BrN2O/c13-9-5-1-2-6-10(9)15-12(16)11-7-3-4-8-14-11/h3-4,7-10H,1-2,5-6H2,(H,15,16). The van der Waals surface area contributed by atoms with Crippen LogP contribution in [0.15, 0.2) is 24.4 Å². The Hall–Kier alpha value is -0.900. The van der Waals surface area contributed by atoms with Gasteiger partial charge in [0.25, 0.3) is 5.91 Å². The van der Waals surface area contributed by atoms with E-state index in [1.807, 2.05) is 12.1 Å². The van der Waals surface area contributed by atoms with Crippen molar-refractivity contribution in [3.63, 3.8) is 0 Å². The number of aromatic nitrogens is 1. The number of nitrogens with one attached hydrogen (secondary N) is 1. The first-order valence-corrected chi connectivity index (χ1v) is 6.55. The summed E-state index contributed by atoms with van der Waals surface area (Å²) in [7, 11) is 0. The molecule has 1 fully saturated rings. The second kappa shape index (κ2) is 5.43. The van der Waals surface area contributed by atoms with Crippen molar-refractivity contribution in [2.24, 2.45) is 0 Å². The highest BCUT2D eigenvalue weighted by Crippen LogP contribution is 2.24. The molecule has 0 radical (unpaired) electrons. The molecule has 1 aromatic rings. The minimum Gasteiger partial charge on any atom is -0.347 e. The third kappa shape index (κ3) is 2.82. The van der Waals surface area contributed by atoms with E-state index < -0.39 is 0 Å². The van der Waals surface area contributed by atoms with Gasteiger partial charge in [-0.15, -0.1) is 0 Å². The average Bonchev–Trinajstić information content (AvgIpc) is 2.33. The zero-order valence-corrected chi connectivity index (χ0v) is 10.6. The number of hydrogen-bond donors (Lipinski definition) is 1. The summed E-state index contributed by atoms with van der Waals surface area (Å²) >= 11 is 3.62. The van der Waals surface area contributed by atoms with Crippen molar-refractivity contribution in [2.75, 3.05) is 0 Å². The van der Waals surface area contributed by atoms with Gasteiger partial charge < -0.3 is 5.32 Å². The smallest absolute Gasteiger partial charge is 0.270 e. The number of carbonyl (C=O) groups excluding carboxylic acids is 1. The zero-order chi connectivity index (χ0) is 11.4. The lowest BCUT2D eigenvalue weighted by Crippen LogP contribution is -2.42. The normalized spacial score (nSPS) is 25.1. The van der Waals surface area contributed by atoms with Crippen LogP contribution in [0.1, 0.15) is 36.2 Å². The van der Waals surface area contributed by atoms with Gasteiger partial charge in [0.1, 0.15) is 5.69 Å². The zero-order valence-electron chi connectivity index (χ0n) is 9.03. The molecule has 1 amide bonds. The SMILES string of the molecule is O=C(NC1CCCCC1Br)c1ccccn1. The molecule has 2 rings (SSSR count). The van der Waals surface area contributed by atoms with Crippen molar-refractivity contribution >= 4 is 21.8 Å². The van der Waals surface area contributed by atoms with Crippen molar-refractivity contribution in [2.45, 2.75) is 36.6 Å². The molecule has 1 saturated carbocycles. The van der Waals surface area contributed by atoms with Crippen molar-refractivity contribution in [3.8, 4) is 0 Å². The predicted octanol–water partition coefficient (Wildman–Crippen LogP) is 2.52. The van der Waals surface area contributed by atoms with Crippen molar-refractivity contribution in [1.82, 2.24) is 10.3 Å². The number of rotatable bonds is 2. The van der Waals surface area contributed by atoms with Crippen LogP contribution in [-0.4, -0.2) is 21.8 Å². The number of hydrogen-bond acceptors (Lipinski definition) is 2. The molecule has 0 spiro atoms. The Balaban J connectivity index is 1.96. The first-order chi connectivity index (χ1) is 7.77. The van der Waals surface area contributed by atoms with Gasteiger partial charge in [-0.25, -0.2) is 0 Å².